The lowest BCUT2D eigenvalue weighted by molar-refractivity contribution is 0.0636. The van der Waals surface area contributed by atoms with Crippen LogP contribution in [0.1, 0.15) is 54.1 Å². The summed E-state index contributed by atoms with van der Waals surface area (Å²) >= 11 is 0. The second kappa shape index (κ2) is 10.3. The standard InChI is InChI=1S/C25H24N4O5.ClH/c1-15-13-19(28-34-15)23(30)27-11-12-33-21-8-4-5-16-9-10-26-20(22(16)21)14-29-24(31)17-6-2-3-7-18(17)25(29)32;/h2-8,13,20,26H,9-12,14H2,1H3,(H,27,30);1H/t20-;/m1./s1. The van der Waals surface area contributed by atoms with Crippen molar-refractivity contribution < 1.29 is 23.6 Å². The van der Waals surface area contributed by atoms with E-state index < -0.39 is 0 Å². The Morgan fingerprint density at radius 3 is 2.60 bits per heavy atom. The Hall–Kier alpha value is -3.69. The molecule has 1 atom stereocenters. The summed E-state index contributed by atoms with van der Waals surface area (Å²) < 4.78 is 10.9. The summed E-state index contributed by atoms with van der Waals surface area (Å²) in [5.74, 6) is 0.338. The lowest BCUT2D eigenvalue weighted by Crippen LogP contribution is -2.41. The van der Waals surface area contributed by atoms with Crippen molar-refractivity contribution in [2.75, 3.05) is 26.2 Å². The number of fused-ring (bicyclic) bond motifs is 2. The Labute approximate surface area is 208 Å². The Balaban J connectivity index is 0.00000289. The first-order valence-electron chi connectivity index (χ1n) is 11.2. The Morgan fingerprint density at radius 2 is 1.91 bits per heavy atom. The molecule has 2 aliphatic heterocycles. The molecule has 0 spiro atoms. The van der Waals surface area contributed by atoms with E-state index in [1.54, 1.807) is 37.3 Å². The molecule has 182 valence electrons. The Kier molecular flexibility index (Phi) is 7.18. The fourth-order valence-corrected chi connectivity index (χ4v) is 4.44. The molecule has 0 unspecified atom stereocenters. The molecule has 9 nitrogen and oxygen atoms in total. The van der Waals surface area contributed by atoms with E-state index in [-0.39, 0.29) is 61.6 Å². The zero-order valence-electron chi connectivity index (χ0n) is 19.1. The number of carbonyl (C=O) groups is 3. The first kappa shape index (κ1) is 24.4. The number of amides is 3. The van der Waals surface area contributed by atoms with Gasteiger partial charge in [0.25, 0.3) is 17.7 Å². The highest BCUT2D eigenvalue weighted by atomic mass is 35.5. The highest BCUT2D eigenvalue weighted by molar-refractivity contribution is 6.21. The fraction of sp³-hybridized carbons (Fsp3) is 0.280. The van der Waals surface area contributed by atoms with Crippen LogP contribution in [0.2, 0.25) is 0 Å². The van der Waals surface area contributed by atoms with Crippen LogP contribution >= 0.6 is 12.4 Å². The number of aryl methyl sites for hydroxylation is 1. The van der Waals surface area contributed by atoms with E-state index >= 15 is 0 Å². The second-order valence-electron chi connectivity index (χ2n) is 8.28. The number of ether oxygens (including phenoxy) is 1. The molecule has 2 N–H and O–H groups in total. The molecule has 5 rings (SSSR count). The minimum atomic E-state index is -0.333. The third-order valence-corrected chi connectivity index (χ3v) is 6.04. The summed E-state index contributed by atoms with van der Waals surface area (Å²) in [6.07, 6.45) is 0.813. The maximum atomic E-state index is 12.9. The molecule has 0 saturated carbocycles. The van der Waals surface area contributed by atoms with E-state index in [0.29, 0.717) is 22.6 Å². The maximum Gasteiger partial charge on any atom is 0.273 e. The predicted molar refractivity (Wildman–Crippen MR) is 129 cm³/mol. The molecule has 2 aromatic carbocycles. The van der Waals surface area contributed by atoms with Crippen molar-refractivity contribution in [3.05, 3.63) is 82.2 Å². The molecule has 3 amide bonds. The molecule has 0 bridgehead atoms. The van der Waals surface area contributed by atoms with Gasteiger partial charge in [0, 0.05) is 18.2 Å². The molecule has 10 heteroatoms. The number of benzene rings is 2. The number of hydrogen-bond donors (Lipinski definition) is 2. The van der Waals surface area contributed by atoms with Gasteiger partial charge in [0.1, 0.15) is 18.1 Å². The van der Waals surface area contributed by atoms with Gasteiger partial charge in [-0.05, 0) is 43.7 Å². The summed E-state index contributed by atoms with van der Waals surface area (Å²) in [6, 6.07) is 14.0. The van der Waals surface area contributed by atoms with E-state index in [9.17, 15) is 14.4 Å². The van der Waals surface area contributed by atoms with Crippen LogP contribution in [0.15, 0.2) is 53.1 Å². The molecule has 0 radical (unpaired) electrons. The molecule has 3 aromatic rings. The molecule has 0 aliphatic carbocycles. The summed E-state index contributed by atoms with van der Waals surface area (Å²) in [7, 11) is 0. The normalized spacial score (nSPS) is 16.4. The number of aromatic nitrogens is 1. The van der Waals surface area contributed by atoms with Crippen LogP contribution in [0.3, 0.4) is 0 Å². The second-order valence-corrected chi connectivity index (χ2v) is 8.28. The molecule has 2 aliphatic rings. The SMILES string of the molecule is Cc1cc(C(=O)NCCOc2cccc3c2[C@@H](CN2C(=O)c4ccccc4C2=O)NCC3)no1.Cl. The average Bonchev–Trinajstić information content (AvgIpc) is 3.39. The van der Waals surface area contributed by atoms with Gasteiger partial charge in [-0.15, -0.1) is 12.4 Å². The van der Waals surface area contributed by atoms with E-state index in [4.69, 9.17) is 9.26 Å². The monoisotopic (exact) mass is 496 g/mol. The summed E-state index contributed by atoms with van der Waals surface area (Å²) in [5.41, 5.74) is 3.14. The number of halogens is 1. The largest absolute Gasteiger partial charge is 0.491 e. The first-order chi connectivity index (χ1) is 16.5. The molecule has 0 fully saturated rings. The third-order valence-electron chi connectivity index (χ3n) is 6.04. The fourth-order valence-electron chi connectivity index (χ4n) is 4.44. The van der Waals surface area contributed by atoms with Crippen LogP contribution in [0.5, 0.6) is 5.75 Å². The van der Waals surface area contributed by atoms with E-state index in [2.05, 4.69) is 15.8 Å². The van der Waals surface area contributed by atoms with Gasteiger partial charge in [-0.2, -0.15) is 0 Å². The van der Waals surface area contributed by atoms with Crippen molar-refractivity contribution in [2.45, 2.75) is 19.4 Å². The van der Waals surface area contributed by atoms with Crippen LogP contribution in [-0.2, 0) is 6.42 Å². The molecular formula is C25H25ClN4O5. The summed E-state index contributed by atoms with van der Waals surface area (Å²) in [5, 5.41) is 9.88. The van der Waals surface area contributed by atoms with Crippen molar-refractivity contribution in [1.82, 2.24) is 20.7 Å². The highest BCUT2D eigenvalue weighted by Gasteiger charge is 2.38. The third kappa shape index (κ3) is 4.78. The van der Waals surface area contributed by atoms with Crippen LogP contribution in [-0.4, -0.2) is 54.0 Å². The van der Waals surface area contributed by atoms with Crippen LogP contribution < -0.4 is 15.4 Å². The summed E-state index contributed by atoms with van der Waals surface area (Å²) in [4.78, 5) is 39.2. The highest BCUT2D eigenvalue weighted by Crippen LogP contribution is 2.34. The van der Waals surface area contributed by atoms with Gasteiger partial charge in [-0.25, -0.2) is 0 Å². The van der Waals surface area contributed by atoms with Gasteiger partial charge in [0.05, 0.1) is 23.7 Å². The average molecular weight is 497 g/mol. The van der Waals surface area contributed by atoms with Crippen LogP contribution in [0, 0.1) is 6.92 Å². The Bertz CT molecular complexity index is 1240. The topological polar surface area (TPSA) is 114 Å². The van der Waals surface area contributed by atoms with Gasteiger partial charge in [-0.3, -0.25) is 19.3 Å². The minimum absolute atomic E-state index is 0. The number of carbonyl (C=O) groups excluding carboxylic acids is 3. The van der Waals surface area contributed by atoms with Gasteiger partial charge in [0.2, 0.25) is 0 Å². The molecular weight excluding hydrogens is 472 g/mol. The lowest BCUT2D eigenvalue weighted by atomic mass is 9.93. The van der Waals surface area contributed by atoms with Gasteiger partial charge in [-0.1, -0.05) is 29.4 Å². The van der Waals surface area contributed by atoms with Gasteiger partial charge >= 0.3 is 0 Å². The number of hydrogen-bond acceptors (Lipinski definition) is 7. The molecule has 3 heterocycles. The maximum absolute atomic E-state index is 12.9. The number of nitrogens with one attached hydrogen (secondary N) is 2. The zero-order chi connectivity index (χ0) is 23.7. The van der Waals surface area contributed by atoms with Crippen molar-refractivity contribution in [3.63, 3.8) is 0 Å². The molecule has 1 aromatic heterocycles. The van der Waals surface area contributed by atoms with Crippen molar-refractivity contribution in [3.8, 4) is 5.75 Å². The van der Waals surface area contributed by atoms with Gasteiger partial charge < -0.3 is 19.9 Å². The quantitative estimate of drug-likeness (QED) is 0.382. The molecule has 0 saturated heterocycles. The number of imide groups is 1. The van der Waals surface area contributed by atoms with Crippen LogP contribution in [0.4, 0.5) is 0 Å². The van der Waals surface area contributed by atoms with Crippen molar-refractivity contribution in [1.29, 1.82) is 0 Å². The number of nitrogens with zero attached hydrogens (tertiary/aromatic N) is 2. The Morgan fingerprint density at radius 1 is 1.17 bits per heavy atom. The lowest BCUT2D eigenvalue weighted by Gasteiger charge is -2.31. The number of rotatable bonds is 7. The van der Waals surface area contributed by atoms with Crippen LogP contribution in [0.25, 0.3) is 0 Å². The van der Waals surface area contributed by atoms with Crippen molar-refractivity contribution in [2.24, 2.45) is 0 Å². The minimum Gasteiger partial charge on any atom is -0.491 e. The van der Waals surface area contributed by atoms with Crippen molar-refractivity contribution >= 4 is 30.1 Å². The zero-order valence-corrected chi connectivity index (χ0v) is 19.9. The predicted octanol–water partition coefficient (Wildman–Crippen LogP) is 2.70. The molecule has 35 heavy (non-hydrogen) atoms. The van der Waals surface area contributed by atoms with E-state index in [0.717, 1.165) is 24.1 Å². The first-order valence-corrected chi connectivity index (χ1v) is 11.2. The van der Waals surface area contributed by atoms with E-state index in [1.165, 1.54) is 4.90 Å². The van der Waals surface area contributed by atoms with Gasteiger partial charge in [0.15, 0.2) is 5.69 Å². The van der Waals surface area contributed by atoms with E-state index in [1.807, 2.05) is 18.2 Å². The smallest absolute Gasteiger partial charge is 0.273 e. The summed E-state index contributed by atoms with van der Waals surface area (Å²) in [6.45, 7) is 3.20.